The summed E-state index contributed by atoms with van der Waals surface area (Å²) in [7, 11) is -3.11. The van der Waals surface area contributed by atoms with Crippen molar-refractivity contribution in [3.05, 3.63) is 30.1 Å². The molecular weight excluding hydrogens is 292 g/mol. The van der Waals surface area contributed by atoms with Crippen molar-refractivity contribution in [2.45, 2.75) is 18.9 Å². The summed E-state index contributed by atoms with van der Waals surface area (Å²) < 4.78 is 27.6. The number of amides is 1. The molecule has 0 spiro atoms. The minimum atomic E-state index is -3.11. The largest absolute Gasteiger partial charge is 0.379 e. The maximum Gasteiger partial charge on any atom is 0.221 e. The fourth-order valence-corrected chi connectivity index (χ4v) is 2.89. The Bertz CT molecular complexity index is 574. The highest BCUT2D eigenvalue weighted by Crippen LogP contribution is 2.19. The molecule has 1 amide bonds. The van der Waals surface area contributed by atoms with Crippen LogP contribution in [0.1, 0.15) is 12.0 Å². The minimum Gasteiger partial charge on any atom is -0.379 e. The second-order valence-electron chi connectivity index (χ2n) is 5.41. The van der Waals surface area contributed by atoms with E-state index in [1.807, 2.05) is 12.1 Å². The van der Waals surface area contributed by atoms with Gasteiger partial charge in [0.05, 0.1) is 25.0 Å². The van der Waals surface area contributed by atoms with E-state index >= 15 is 0 Å². The van der Waals surface area contributed by atoms with Crippen LogP contribution in [0.25, 0.3) is 0 Å². The van der Waals surface area contributed by atoms with E-state index in [-0.39, 0.29) is 30.0 Å². The molecule has 1 saturated heterocycles. The third-order valence-corrected chi connectivity index (χ3v) is 4.44. The molecule has 6 nitrogen and oxygen atoms in total. The van der Waals surface area contributed by atoms with Gasteiger partial charge in [0.1, 0.15) is 9.84 Å². The normalized spacial score (nSPS) is 22.1. The summed E-state index contributed by atoms with van der Waals surface area (Å²) in [6.45, 7) is 1.07. The van der Waals surface area contributed by atoms with Crippen molar-refractivity contribution in [1.82, 2.24) is 10.3 Å². The molecule has 2 heterocycles. The van der Waals surface area contributed by atoms with Crippen LogP contribution >= 0.6 is 0 Å². The fraction of sp³-hybridized carbons (Fsp3) is 0.571. The minimum absolute atomic E-state index is 0.00267. The molecule has 21 heavy (non-hydrogen) atoms. The van der Waals surface area contributed by atoms with Gasteiger partial charge in [0.15, 0.2) is 0 Å². The molecule has 1 aromatic heterocycles. The van der Waals surface area contributed by atoms with Gasteiger partial charge in [-0.2, -0.15) is 0 Å². The summed E-state index contributed by atoms with van der Waals surface area (Å²) in [5.74, 6) is -0.160. The van der Waals surface area contributed by atoms with Gasteiger partial charge in [-0.15, -0.1) is 0 Å². The zero-order valence-corrected chi connectivity index (χ0v) is 12.8. The highest BCUT2D eigenvalue weighted by molar-refractivity contribution is 7.90. The van der Waals surface area contributed by atoms with Gasteiger partial charge in [-0.3, -0.25) is 9.78 Å². The van der Waals surface area contributed by atoms with Crippen molar-refractivity contribution in [1.29, 1.82) is 0 Å². The second-order valence-corrected chi connectivity index (χ2v) is 7.67. The number of pyridine rings is 1. The summed E-state index contributed by atoms with van der Waals surface area (Å²) in [4.78, 5) is 15.8. The molecule has 0 aliphatic carbocycles. The molecule has 1 fully saturated rings. The maximum atomic E-state index is 11.8. The number of nitrogens with zero attached hydrogens (tertiary/aromatic N) is 1. The second kappa shape index (κ2) is 7.00. The smallest absolute Gasteiger partial charge is 0.221 e. The lowest BCUT2D eigenvalue weighted by molar-refractivity contribution is -0.121. The Balaban J connectivity index is 1.86. The first-order valence-electron chi connectivity index (χ1n) is 6.88. The highest BCUT2D eigenvalue weighted by atomic mass is 32.2. The predicted octanol–water partition coefficient (Wildman–Crippen LogP) is 0.190. The van der Waals surface area contributed by atoms with Crippen molar-refractivity contribution in [3.63, 3.8) is 0 Å². The number of rotatable bonds is 6. The monoisotopic (exact) mass is 312 g/mol. The van der Waals surface area contributed by atoms with Crippen LogP contribution in [0.4, 0.5) is 0 Å². The molecule has 0 saturated carbocycles. The summed E-state index contributed by atoms with van der Waals surface area (Å²) >= 11 is 0. The van der Waals surface area contributed by atoms with Crippen molar-refractivity contribution < 1.29 is 17.9 Å². The molecule has 1 aliphatic rings. The van der Waals surface area contributed by atoms with Crippen LogP contribution in [0.2, 0.25) is 0 Å². The van der Waals surface area contributed by atoms with E-state index < -0.39 is 9.84 Å². The Morgan fingerprint density at radius 1 is 1.38 bits per heavy atom. The van der Waals surface area contributed by atoms with Crippen LogP contribution in [0.5, 0.6) is 0 Å². The predicted molar refractivity (Wildman–Crippen MR) is 78.5 cm³/mol. The Morgan fingerprint density at radius 3 is 2.76 bits per heavy atom. The molecule has 0 radical (unpaired) electrons. The maximum absolute atomic E-state index is 11.8. The van der Waals surface area contributed by atoms with Gasteiger partial charge in [-0.05, 0) is 24.1 Å². The Labute approximate surface area is 124 Å². The first-order chi connectivity index (χ1) is 9.94. The Kier molecular flexibility index (Phi) is 5.30. The van der Waals surface area contributed by atoms with E-state index in [2.05, 4.69) is 10.3 Å². The summed E-state index contributed by atoms with van der Waals surface area (Å²) in [6, 6.07) is 3.83. The van der Waals surface area contributed by atoms with E-state index in [9.17, 15) is 13.2 Å². The van der Waals surface area contributed by atoms with Crippen LogP contribution in [-0.2, 0) is 25.8 Å². The number of hydrogen-bond acceptors (Lipinski definition) is 5. The molecule has 1 N–H and O–H groups in total. The Hall–Kier alpha value is -1.47. The Morgan fingerprint density at radius 2 is 2.10 bits per heavy atom. The topological polar surface area (TPSA) is 85.4 Å². The third kappa shape index (κ3) is 5.43. The number of aromatic nitrogens is 1. The molecular formula is C14H20N2O4S. The third-order valence-electron chi connectivity index (χ3n) is 3.49. The number of nitrogens with one attached hydrogen (secondary N) is 1. The molecule has 7 heteroatoms. The van der Waals surface area contributed by atoms with E-state index in [0.29, 0.717) is 13.2 Å². The van der Waals surface area contributed by atoms with Gasteiger partial charge in [0.2, 0.25) is 5.91 Å². The number of hydrogen-bond donors (Lipinski definition) is 1. The lowest BCUT2D eigenvalue weighted by atomic mass is 9.95. The van der Waals surface area contributed by atoms with Gasteiger partial charge in [-0.1, -0.05) is 0 Å². The lowest BCUT2D eigenvalue weighted by Gasteiger charge is -2.19. The van der Waals surface area contributed by atoms with Crippen LogP contribution in [-0.4, -0.2) is 50.6 Å². The molecule has 1 aliphatic heterocycles. The molecule has 1 aromatic rings. The lowest BCUT2D eigenvalue weighted by Crippen LogP contribution is -2.41. The van der Waals surface area contributed by atoms with Crippen molar-refractivity contribution in [2.24, 2.45) is 5.92 Å². The molecule has 0 aromatic carbocycles. The standard InChI is InChI=1S/C14H20N2O4S/c1-21(18,19)7-4-14(17)16-13-10-20-9-12(13)8-11-2-5-15-6-3-11/h2-3,5-6,12-13H,4,7-10H2,1H3,(H,16,17)/t12-,13-/m1/s1. The van der Waals surface area contributed by atoms with Crippen molar-refractivity contribution in [3.8, 4) is 0 Å². The van der Waals surface area contributed by atoms with Crippen molar-refractivity contribution >= 4 is 15.7 Å². The summed E-state index contributed by atoms with van der Waals surface area (Å²) in [5.41, 5.74) is 1.15. The van der Waals surface area contributed by atoms with E-state index in [4.69, 9.17) is 4.74 Å². The number of carbonyl (C=O) groups is 1. The zero-order chi connectivity index (χ0) is 15.3. The van der Waals surface area contributed by atoms with Gasteiger partial charge >= 0.3 is 0 Å². The SMILES string of the molecule is CS(=O)(=O)CCC(=O)N[C@@H]1COC[C@H]1Cc1ccncc1. The van der Waals surface area contributed by atoms with E-state index in [1.54, 1.807) is 12.4 Å². The first-order valence-corrected chi connectivity index (χ1v) is 8.94. The molecule has 2 rings (SSSR count). The van der Waals surface area contributed by atoms with Gasteiger partial charge < -0.3 is 10.1 Å². The van der Waals surface area contributed by atoms with Crippen LogP contribution < -0.4 is 5.32 Å². The fourth-order valence-electron chi connectivity index (χ4n) is 2.34. The molecule has 0 unspecified atom stereocenters. The van der Waals surface area contributed by atoms with Crippen LogP contribution in [0.3, 0.4) is 0 Å². The zero-order valence-electron chi connectivity index (χ0n) is 12.0. The number of ether oxygens (including phenoxy) is 1. The van der Waals surface area contributed by atoms with Gasteiger partial charge in [0.25, 0.3) is 0 Å². The average Bonchev–Trinajstić information content (AvgIpc) is 2.84. The molecule has 2 atom stereocenters. The highest BCUT2D eigenvalue weighted by Gasteiger charge is 2.29. The number of sulfone groups is 1. The van der Waals surface area contributed by atoms with Crippen LogP contribution in [0, 0.1) is 5.92 Å². The summed E-state index contributed by atoms with van der Waals surface area (Å²) in [6.07, 6.45) is 5.41. The van der Waals surface area contributed by atoms with Crippen LogP contribution in [0.15, 0.2) is 24.5 Å². The summed E-state index contributed by atoms with van der Waals surface area (Å²) in [5, 5.41) is 2.88. The van der Waals surface area contributed by atoms with Crippen molar-refractivity contribution in [2.75, 3.05) is 25.2 Å². The quantitative estimate of drug-likeness (QED) is 0.810. The average molecular weight is 312 g/mol. The number of carbonyl (C=O) groups excluding carboxylic acids is 1. The molecule has 116 valence electrons. The first kappa shape index (κ1) is 15.9. The van der Waals surface area contributed by atoms with E-state index in [1.165, 1.54) is 0 Å². The van der Waals surface area contributed by atoms with E-state index in [0.717, 1.165) is 18.2 Å². The molecule has 0 bridgehead atoms. The van der Waals surface area contributed by atoms with Gasteiger partial charge in [0, 0.05) is 31.0 Å². The van der Waals surface area contributed by atoms with Gasteiger partial charge in [-0.25, -0.2) is 8.42 Å².